The number of carbonyl (C=O) groups excluding carboxylic acids is 1. The Morgan fingerprint density at radius 2 is 1.66 bits per heavy atom. The molecule has 5 nitrogen and oxygen atoms in total. The van der Waals surface area contributed by atoms with Crippen LogP contribution in [0.5, 0.6) is 5.75 Å². The van der Waals surface area contributed by atoms with Crippen LogP contribution in [-0.2, 0) is 10.4 Å². The molecule has 0 spiro atoms. The summed E-state index contributed by atoms with van der Waals surface area (Å²) in [5.41, 5.74) is 2.17. The fraction of sp³-hybridized carbons (Fsp3) is 0.0833. The number of aliphatic hydroxyl groups is 1. The monoisotopic (exact) mass is 384 g/mol. The maximum absolute atomic E-state index is 12.9. The Bertz CT molecular complexity index is 985. The van der Waals surface area contributed by atoms with E-state index in [9.17, 15) is 9.90 Å². The second-order valence-corrected chi connectivity index (χ2v) is 6.21. The number of nitrogens with one attached hydrogen (secondary N) is 1. The quantitative estimate of drug-likeness (QED) is 0.374. The van der Waals surface area contributed by atoms with E-state index in [1.807, 2.05) is 12.1 Å². The Morgan fingerprint density at radius 3 is 2.24 bits per heavy atom. The van der Waals surface area contributed by atoms with Crippen molar-refractivity contribution in [1.82, 2.24) is 5.43 Å². The van der Waals surface area contributed by atoms with Crippen molar-refractivity contribution in [2.24, 2.45) is 5.10 Å². The van der Waals surface area contributed by atoms with Crippen LogP contribution in [0.15, 0.2) is 90.0 Å². The number of carbonyl (C=O) groups is 1. The van der Waals surface area contributed by atoms with E-state index in [4.69, 9.17) is 11.2 Å². The van der Waals surface area contributed by atoms with Crippen LogP contribution in [0, 0.1) is 12.3 Å². The van der Waals surface area contributed by atoms with Crippen LogP contribution in [0.3, 0.4) is 0 Å². The van der Waals surface area contributed by atoms with E-state index in [0.29, 0.717) is 22.4 Å². The first-order chi connectivity index (χ1) is 14.1. The molecule has 3 aromatic carbocycles. The first kappa shape index (κ1) is 19.9. The van der Waals surface area contributed by atoms with Crippen molar-refractivity contribution >= 4 is 12.1 Å². The third kappa shape index (κ3) is 4.70. The van der Waals surface area contributed by atoms with Gasteiger partial charge in [-0.2, -0.15) is 5.10 Å². The molecule has 0 heterocycles. The normalized spacial score (nSPS) is 11.0. The lowest BCUT2D eigenvalue weighted by molar-refractivity contribution is -0.136. The topological polar surface area (TPSA) is 70.9 Å². The zero-order valence-corrected chi connectivity index (χ0v) is 15.7. The fourth-order valence-electron chi connectivity index (χ4n) is 2.84. The SMILES string of the molecule is C#CCOc1cccc(C=NNC(=O)C(O)(c2ccccc2)c2ccccc2)c1. The molecule has 0 saturated carbocycles. The van der Waals surface area contributed by atoms with Crippen LogP contribution in [0.1, 0.15) is 16.7 Å². The molecule has 3 aromatic rings. The van der Waals surface area contributed by atoms with Crippen LogP contribution in [-0.4, -0.2) is 23.8 Å². The van der Waals surface area contributed by atoms with Crippen molar-refractivity contribution in [3.8, 4) is 18.1 Å². The van der Waals surface area contributed by atoms with Crippen LogP contribution in [0.4, 0.5) is 0 Å². The Labute approximate surface area is 169 Å². The number of hydrogen-bond donors (Lipinski definition) is 2. The zero-order valence-electron chi connectivity index (χ0n) is 15.7. The van der Waals surface area contributed by atoms with Gasteiger partial charge in [0.15, 0.2) is 5.60 Å². The predicted octanol–water partition coefficient (Wildman–Crippen LogP) is 3.08. The van der Waals surface area contributed by atoms with Gasteiger partial charge in [-0.15, -0.1) is 6.42 Å². The lowest BCUT2D eigenvalue weighted by atomic mass is 9.85. The number of hydrazone groups is 1. The number of benzene rings is 3. The Hall–Kier alpha value is -3.88. The highest BCUT2D eigenvalue weighted by Gasteiger charge is 2.39. The highest BCUT2D eigenvalue weighted by molar-refractivity contribution is 5.91. The Kier molecular flexibility index (Phi) is 6.41. The maximum Gasteiger partial charge on any atom is 0.281 e. The van der Waals surface area contributed by atoms with Crippen molar-refractivity contribution in [3.05, 3.63) is 102 Å². The van der Waals surface area contributed by atoms with Gasteiger partial charge in [-0.1, -0.05) is 78.7 Å². The Balaban J connectivity index is 1.81. The fourth-order valence-corrected chi connectivity index (χ4v) is 2.84. The molecule has 0 aliphatic rings. The highest BCUT2D eigenvalue weighted by atomic mass is 16.5. The average Bonchev–Trinajstić information content (AvgIpc) is 2.78. The molecule has 5 heteroatoms. The second-order valence-electron chi connectivity index (χ2n) is 6.21. The van der Waals surface area contributed by atoms with Gasteiger partial charge in [0.1, 0.15) is 12.4 Å². The van der Waals surface area contributed by atoms with Gasteiger partial charge in [-0.05, 0) is 28.8 Å². The van der Waals surface area contributed by atoms with Gasteiger partial charge in [-0.25, -0.2) is 5.43 Å². The molecule has 144 valence electrons. The summed E-state index contributed by atoms with van der Waals surface area (Å²) in [6.07, 6.45) is 6.66. The summed E-state index contributed by atoms with van der Waals surface area (Å²) < 4.78 is 5.37. The van der Waals surface area contributed by atoms with Crippen molar-refractivity contribution in [2.75, 3.05) is 6.61 Å². The second kappa shape index (κ2) is 9.36. The third-order valence-corrected chi connectivity index (χ3v) is 4.27. The molecule has 0 fully saturated rings. The molecule has 0 saturated heterocycles. The standard InChI is InChI=1S/C24H20N2O3/c1-2-16-29-22-15-9-10-19(17-22)18-25-26-23(27)24(28,20-11-5-3-6-12-20)21-13-7-4-8-14-21/h1,3-15,17-18,28H,16H2,(H,26,27). The number of nitrogens with zero attached hydrogens (tertiary/aromatic N) is 1. The molecule has 0 aliphatic heterocycles. The van der Waals surface area contributed by atoms with Gasteiger partial charge in [0, 0.05) is 0 Å². The smallest absolute Gasteiger partial charge is 0.281 e. The number of hydrogen-bond acceptors (Lipinski definition) is 4. The molecule has 1 amide bonds. The number of ether oxygens (including phenoxy) is 1. The summed E-state index contributed by atoms with van der Waals surface area (Å²) in [6.45, 7) is 0.165. The third-order valence-electron chi connectivity index (χ3n) is 4.27. The van der Waals surface area contributed by atoms with E-state index >= 15 is 0 Å². The van der Waals surface area contributed by atoms with E-state index in [1.54, 1.807) is 72.8 Å². The van der Waals surface area contributed by atoms with Gasteiger partial charge >= 0.3 is 0 Å². The molecule has 0 unspecified atom stereocenters. The minimum absolute atomic E-state index is 0.165. The van der Waals surface area contributed by atoms with Crippen LogP contribution < -0.4 is 10.2 Å². The van der Waals surface area contributed by atoms with Gasteiger partial charge in [0.25, 0.3) is 5.91 Å². The molecule has 0 bridgehead atoms. The lowest BCUT2D eigenvalue weighted by Gasteiger charge is -2.27. The summed E-state index contributed by atoms with van der Waals surface area (Å²) >= 11 is 0. The van der Waals surface area contributed by atoms with Crippen molar-refractivity contribution in [2.45, 2.75) is 5.60 Å². The maximum atomic E-state index is 12.9. The first-order valence-corrected chi connectivity index (χ1v) is 8.98. The highest BCUT2D eigenvalue weighted by Crippen LogP contribution is 2.29. The Morgan fingerprint density at radius 1 is 1.03 bits per heavy atom. The van der Waals surface area contributed by atoms with Crippen molar-refractivity contribution < 1.29 is 14.6 Å². The minimum Gasteiger partial charge on any atom is -0.481 e. The van der Waals surface area contributed by atoms with Crippen LogP contribution >= 0.6 is 0 Å². The zero-order chi connectivity index (χ0) is 20.5. The van der Waals surface area contributed by atoms with E-state index < -0.39 is 11.5 Å². The molecular formula is C24H20N2O3. The predicted molar refractivity (Wildman–Crippen MR) is 112 cm³/mol. The molecule has 2 N–H and O–H groups in total. The van der Waals surface area contributed by atoms with E-state index in [0.717, 1.165) is 0 Å². The van der Waals surface area contributed by atoms with E-state index in [-0.39, 0.29) is 6.61 Å². The van der Waals surface area contributed by atoms with Gasteiger partial charge in [-0.3, -0.25) is 4.79 Å². The molecule has 0 radical (unpaired) electrons. The van der Waals surface area contributed by atoms with Crippen molar-refractivity contribution in [1.29, 1.82) is 0 Å². The number of rotatable bonds is 7. The molecule has 3 rings (SSSR count). The molecular weight excluding hydrogens is 364 g/mol. The number of amides is 1. The van der Waals surface area contributed by atoms with E-state index in [1.165, 1.54) is 6.21 Å². The van der Waals surface area contributed by atoms with E-state index in [2.05, 4.69) is 16.4 Å². The van der Waals surface area contributed by atoms with Gasteiger partial charge in [0.2, 0.25) is 0 Å². The van der Waals surface area contributed by atoms with Crippen molar-refractivity contribution in [3.63, 3.8) is 0 Å². The molecule has 0 aromatic heterocycles. The molecule has 0 atom stereocenters. The summed E-state index contributed by atoms with van der Waals surface area (Å²) in [6, 6.07) is 24.6. The lowest BCUT2D eigenvalue weighted by Crippen LogP contribution is -2.43. The summed E-state index contributed by atoms with van der Waals surface area (Å²) in [5, 5.41) is 15.3. The summed E-state index contributed by atoms with van der Waals surface area (Å²) in [5.74, 6) is 2.34. The number of terminal acetylenes is 1. The largest absolute Gasteiger partial charge is 0.481 e. The average molecular weight is 384 g/mol. The van der Waals surface area contributed by atoms with Gasteiger partial charge < -0.3 is 9.84 Å². The summed E-state index contributed by atoms with van der Waals surface area (Å²) in [4.78, 5) is 12.9. The molecule has 29 heavy (non-hydrogen) atoms. The van der Waals surface area contributed by atoms with Crippen LogP contribution in [0.2, 0.25) is 0 Å². The minimum atomic E-state index is -1.88. The van der Waals surface area contributed by atoms with Gasteiger partial charge in [0.05, 0.1) is 6.21 Å². The first-order valence-electron chi connectivity index (χ1n) is 8.98. The summed E-state index contributed by atoms with van der Waals surface area (Å²) in [7, 11) is 0. The molecule has 0 aliphatic carbocycles. The van der Waals surface area contributed by atoms with Crippen LogP contribution in [0.25, 0.3) is 0 Å².